The molecule has 0 aromatic heterocycles. The number of nitrogens with one attached hydrogen (secondary N) is 1. The van der Waals surface area contributed by atoms with E-state index in [1.807, 2.05) is 42.5 Å². The van der Waals surface area contributed by atoms with Crippen LogP contribution in [0.25, 0.3) is 6.08 Å². The lowest BCUT2D eigenvalue weighted by atomic mass is 10.1. The lowest BCUT2D eigenvalue weighted by molar-refractivity contribution is -0.113. The van der Waals surface area contributed by atoms with Gasteiger partial charge in [0.15, 0.2) is 0 Å². The number of benzene rings is 2. The maximum Gasteiger partial charge on any atom is 0.255 e. The van der Waals surface area contributed by atoms with E-state index in [0.29, 0.717) is 16.3 Å². The van der Waals surface area contributed by atoms with E-state index in [1.54, 1.807) is 12.1 Å². The van der Waals surface area contributed by atoms with Crippen molar-refractivity contribution in [1.29, 1.82) is 0 Å². The third-order valence-electron chi connectivity index (χ3n) is 3.05. The molecule has 1 aliphatic heterocycles. The highest BCUT2D eigenvalue weighted by Gasteiger charge is 2.17. The van der Waals surface area contributed by atoms with Crippen LogP contribution in [-0.2, 0) is 4.79 Å². The van der Waals surface area contributed by atoms with E-state index in [4.69, 9.17) is 16.3 Å². The largest absolute Gasteiger partial charge is 0.488 e. The number of hydrogen-bond acceptors (Lipinski definition) is 2. The van der Waals surface area contributed by atoms with Crippen molar-refractivity contribution in [3.63, 3.8) is 0 Å². The monoisotopic (exact) mass is 285 g/mol. The van der Waals surface area contributed by atoms with Crippen molar-refractivity contribution in [3.8, 4) is 5.75 Å². The Bertz CT molecular complexity index is 694. The third kappa shape index (κ3) is 2.53. The summed E-state index contributed by atoms with van der Waals surface area (Å²) in [7, 11) is 0. The molecular formula is C16H12ClNO2. The van der Waals surface area contributed by atoms with Gasteiger partial charge in [-0.15, -0.1) is 0 Å². The molecule has 1 aliphatic rings. The van der Waals surface area contributed by atoms with E-state index < -0.39 is 0 Å². The fourth-order valence-electron chi connectivity index (χ4n) is 2.01. The van der Waals surface area contributed by atoms with Crippen LogP contribution in [0.15, 0.2) is 54.1 Å². The predicted octanol–water partition coefficient (Wildman–Crippen LogP) is 3.75. The number of carbonyl (C=O) groups excluding carboxylic acids is 1. The molecule has 20 heavy (non-hydrogen) atoms. The molecule has 100 valence electrons. The van der Waals surface area contributed by atoms with Gasteiger partial charge in [-0.05, 0) is 24.3 Å². The molecule has 0 radical (unpaired) electrons. The molecular weight excluding hydrogens is 274 g/mol. The highest BCUT2D eigenvalue weighted by atomic mass is 35.5. The van der Waals surface area contributed by atoms with Crippen LogP contribution >= 0.6 is 11.6 Å². The van der Waals surface area contributed by atoms with Gasteiger partial charge in [0.2, 0.25) is 0 Å². The zero-order valence-electron chi connectivity index (χ0n) is 10.6. The number of rotatable bonds is 2. The van der Waals surface area contributed by atoms with E-state index in [-0.39, 0.29) is 12.5 Å². The van der Waals surface area contributed by atoms with Crippen LogP contribution in [0.3, 0.4) is 0 Å². The summed E-state index contributed by atoms with van der Waals surface area (Å²) in [6.45, 7) is 0.257. The van der Waals surface area contributed by atoms with Gasteiger partial charge in [-0.2, -0.15) is 0 Å². The van der Waals surface area contributed by atoms with Crippen LogP contribution < -0.4 is 10.1 Å². The van der Waals surface area contributed by atoms with Crippen molar-refractivity contribution >= 4 is 29.3 Å². The minimum Gasteiger partial charge on any atom is -0.488 e. The molecule has 0 fully saturated rings. The topological polar surface area (TPSA) is 38.3 Å². The molecule has 1 amide bonds. The summed E-state index contributed by atoms with van der Waals surface area (Å²) < 4.78 is 5.56. The van der Waals surface area contributed by atoms with Gasteiger partial charge >= 0.3 is 0 Å². The highest BCUT2D eigenvalue weighted by Crippen LogP contribution is 2.27. The van der Waals surface area contributed by atoms with Crippen molar-refractivity contribution in [2.24, 2.45) is 0 Å². The van der Waals surface area contributed by atoms with Crippen LogP contribution in [0, 0.1) is 0 Å². The molecule has 0 atom stereocenters. The molecule has 0 spiro atoms. The molecule has 0 saturated carbocycles. The average molecular weight is 286 g/mol. The minimum absolute atomic E-state index is 0.201. The standard InChI is InChI=1S/C16H12ClNO2/c17-13-6-2-3-7-14(13)18-16(19)12-9-11-5-1-4-8-15(11)20-10-12/h1-9H,10H2,(H,18,19). The number of carbonyl (C=O) groups is 1. The summed E-state index contributed by atoms with van der Waals surface area (Å²) in [6.07, 6.45) is 1.84. The molecule has 3 rings (SSSR count). The van der Waals surface area contributed by atoms with E-state index in [9.17, 15) is 4.79 Å². The molecule has 1 heterocycles. The van der Waals surface area contributed by atoms with Gasteiger partial charge in [0, 0.05) is 5.56 Å². The Labute approximate surface area is 121 Å². The number of para-hydroxylation sites is 2. The first kappa shape index (κ1) is 12.8. The fraction of sp³-hybridized carbons (Fsp3) is 0.0625. The Morgan fingerprint density at radius 1 is 1.10 bits per heavy atom. The molecule has 1 N–H and O–H groups in total. The van der Waals surface area contributed by atoms with Gasteiger partial charge < -0.3 is 10.1 Å². The lowest BCUT2D eigenvalue weighted by Crippen LogP contribution is -2.21. The molecule has 2 aromatic rings. The van der Waals surface area contributed by atoms with Crippen LogP contribution in [0.2, 0.25) is 5.02 Å². The van der Waals surface area contributed by atoms with Gasteiger partial charge in [0.05, 0.1) is 16.3 Å². The fourth-order valence-corrected chi connectivity index (χ4v) is 2.20. The van der Waals surface area contributed by atoms with Crippen molar-refractivity contribution in [3.05, 3.63) is 64.7 Å². The van der Waals surface area contributed by atoms with Gasteiger partial charge in [0.1, 0.15) is 12.4 Å². The molecule has 0 saturated heterocycles. The van der Waals surface area contributed by atoms with E-state index in [2.05, 4.69) is 5.32 Å². The van der Waals surface area contributed by atoms with E-state index in [0.717, 1.165) is 11.3 Å². The maximum absolute atomic E-state index is 12.2. The number of anilines is 1. The predicted molar refractivity (Wildman–Crippen MR) is 80.0 cm³/mol. The summed E-state index contributed by atoms with van der Waals surface area (Å²) in [6, 6.07) is 14.7. The second kappa shape index (κ2) is 5.39. The average Bonchev–Trinajstić information content (AvgIpc) is 2.49. The Morgan fingerprint density at radius 2 is 1.85 bits per heavy atom. The zero-order chi connectivity index (χ0) is 13.9. The lowest BCUT2D eigenvalue weighted by Gasteiger charge is -2.17. The zero-order valence-corrected chi connectivity index (χ0v) is 11.4. The van der Waals surface area contributed by atoms with Gasteiger partial charge in [0.25, 0.3) is 5.91 Å². The first-order valence-corrected chi connectivity index (χ1v) is 6.60. The smallest absolute Gasteiger partial charge is 0.255 e. The summed E-state index contributed by atoms with van der Waals surface area (Å²) in [5.41, 5.74) is 2.07. The van der Waals surface area contributed by atoms with Crippen LogP contribution in [0.5, 0.6) is 5.75 Å². The minimum atomic E-state index is -0.201. The number of hydrogen-bond donors (Lipinski definition) is 1. The van der Waals surface area contributed by atoms with Gasteiger partial charge in [-0.1, -0.05) is 41.9 Å². The first-order chi connectivity index (χ1) is 9.74. The molecule has 2 aromatic carbocycles. The Kier molecular flexibility index (Phi) is 3.44. The van der Waals surface area contributed by atoms with Crippen molar-refractivity contribution in [2.75, 3.05) is 11.9 Å². The first-order valence-electron chi connectivity index (χ1n) is 6.22. The van der Waals surface area contributed by atoms with Crippen LogP contribution in [-0.4, -0.2) is 12.5 Å². The summed E-state index contributed by atoms with van der Waals surface area (Å²) in [5, 5.41) is 3.30. The molecule has 0 bridgehead atoms. The SMILES string of the molecule is O=C(Nc1ccccc1Cl)C1=Cc2ccccc2OC1. The number of ether oxygens (including phenoxy) is 1. The normalized spacial score (nSPS) is 12.9. The van der Waals surface area contributed by atoms with Crippen LogP contribution in [0.4, 0.5) is 5.69 Å². The Balaban J connectivity index is 1.83. The number of amides is 1. The van der Waals surface area contributed by atoms with Crippen molar-refractivity contribution in [2.45, 2.75) is 0 Å². The second-order valence-electron chi connectivity index (χ2n) is 4.43. The Hall–Kier alpha value is -2.26. The third-order valence-corrected chi connectivity index (χ3v) is 3.38. The van der Waals surface area contributed by atoms with E-state index >= 15 is 0 Å². The van der Waals surface area contributed by atoms with Crippen LogP contribution in [0.1, 0.15) is 5.56 Å². The van der Waals surface area contributed by atoms with Crippen molar-refractivity contribution in [1.82, 2.24) is 0 Å². The Morgan fingerprint density at radius 3 is 2.70 bits per heavy atom. The summed E-state index contributed by atoms with van der Waals surface area (Å²) >= 11 is 6.02. The second-order valence-corrected chi connectivity index (χ2v) is 4.84. The van der Waals surface area contributed by atoms with E-state index in [1.165, 1.54) is 0 Å². The van der Waals surface area contributed by atoms with Gasteiger partial charge in [-0.25, -0.2) is 0 Å². The highest BCUT2D eigenvalue weighted by molar-refractivity contribution is 6.34. The van der Waals surface area contributed by atoms with Gasteiger partial charge in [-0.3, -0.25) is 4.79 Å². The number of halogens is 1. The molecule has 3 nitrogen and oxygen atoms in total. The number of fused-ring (bicyclic) bond motifs is 1. The quantitative estimate of drug-likeness (QED) is 0.912. The maximum atomic E-state index is 12.2. The summed E-state index contributed by atoms with van der Waals surface area (Å²) in [5.74, 6) is 0.592. The molecule has 4 heteroatoms. The molecule has 0 unspecified atom stereocenters. The molecule has 0 aliphatic carbocycles. The van der Waals surface area contributed by atoms with Crippen molar-refractivity contribution < 1.29 is 9.53 Å². The summed E-state index contributed by atoms with van der Waals surface area (Å²) in [4.78, 5) is 12.2.